The number of halogens is 1. The number of nitrogens with one attached hydrogen (secondary N) is 1. The highest BCUT2D eigenvalue weighted by Crippen LogP contribution is 2.21. The van der Waals surface area contributed by atoms with Crippen LogP contribution in [0.5, 0.6) is 0 Å². The van der Waals surface area contributed by atoms with Crippen LogP contribution >= 0.6 is 0 Å². The van der Waals surface area contributed by atoms with Gasteiger partial charge in [0, 0.05) is 24.6 Å². The van der Waals surface area contributed by atoms with Crippen LogP contribution in [0.3, 0.4) is 0 Å². The Hall–Kier alpha value is -3.20. The van der Waals surface area contributed by atoms with E-state index in [2.05, 4.69) is 10.3 Å². The van der Waals surface area contributed by atoms with Crippen molar-refractivity contribution in [3.8, 4) is 5.69 Å². The fraction of sp³-hybridized carbons (Fsp3) is 0.200. The first kappa shape index (κ1) is 20.5. The van der Waals surface area contributed by atoms with Gasteiger partial charge in [-0.1, -0.05) is 24.3 Å². The van der Waals surface area contributed by atoms with E-state index in [9.17, 15) is 17.6 Å². The van der Waals surface area contributed by atoms with E-state index >= 15 is 0 Å². The van der Waals surface area contributed by atoms with Crippen LogP contribution in [0, 0.1) is 12.7 Å². The summed E-state index contributed by atoms with van der Waals surface area (Å²) in [5, 5.41) is 2.67. The first-order valence-corrected chi connectivity index (χ1v) is 10.7. The fourth-order valence-corrected chi connectivity index (χ4v) is 3.70. The minimum atomic E-state index is -3.83. The van der Waals surface area contributed by atoms with Gasteiger partial charge in [0.15, 0.2) is 0 Å². The summed E-state index contributed by atoms with van der Waals surface area (Å²) in [5.74, 6) is -0.385. The molecule has 1 heterocycles. The van der Waals surface area contributed by atoms with Gasteiger partial charge >= 0.3 is 0 Å². The van der Waals surface area contributed by atoms with Crippen LogP contribution in [0.25, 0.3) is 5.69 Å². The summed E-state index contributed by atoms with van der Waals surface area (Å²) in [6.07, 6.45) is 4.50. The summed E-state index contributed by atoms with van der Waals surface area (Å²) < 4.78 is 40.8. The number of benzene rings is 2. The molecular weight excluding hydrogens is 395 g/mol. The molecule has 0 saturated carbocycles. The average Bonchev–Trinajstić information content (AvgIpc) is 3.11. The van der Waals surface area contributed by atoms with Crippen LogP contribution in [0.15, 0.2) is 60.9 Å². The molecule has 0 bridgehead atoms. The molecule has 3 rings (SSSR count). The summed E-state index contributed by atoms with van der Waals surface area (Å²) in [5.41, 5.74) is 1.62. The number of imidazole rings is 1. The van der Waals surface area contributed by atoms with Gasteiger partial charge in [-0.25, -0.2) is 17.8 Å². The monoisotopic (exact) mass is 416 g/mol. The van der Waals surface area contributed by atoms with E-state index in [1.54, 1.807) is 6.20 Å². The van der Waals surface area contributed by atoms with Crippen molar-refractivity contribution in [3.63, 3.8) is 0 Å². The Morgan fingerprint density at radius 1 is 1.17 bits per heavy atom. The van der Waals surface area contributed by atoms with Crippen LogP contribution in [0.2, 0.25) is 0 Å². The fourth-order valence-electron chi connectivity index (χ4n) is 2.85. The van der Waals surface area contributed by atoms with Crippen molar-refractivity contribution in [3.05, 3.63) is 78.1 Å². The van der Waals surface area contributed by atoms with Gasteiger partial charge in [-0.05, 0) is 36.8 Å². The predicted molar refractivity (Wildman–Crippen MR) is 109 cm³/mol. The van der Waals surface area contributed by atoms with Crippen molar-refractivity contribution < 1.29 is 17.6 Å². The second-order valence-corrected chi connectivity index (χ2v) is 8.42. The number of nitrogens with zero attached hydrogens (tertiary/aromatic N) is 3. The van der Waals surface area contributed by atoms with Crippen molar-refractivity contribution in [1.82, 2.24) is 14.9 Å². The SMILES string of the molecule is Cc1nccn1-c1ccc(CNC(=O)CN(c2ccccc2F)S(C)(=O)=O)cc1. The van der Waals surface area contributed by atoms with Crippen molar-refractivity contribution in [1.29, 1.82) is 0 Å². The molecule has 0 aliphatic carbocycles. The Balaban J connectivity index is 1.65. The van der Waals surface area contributed by atoms with Crippen LogP contribution in [-0.2, 0) is 21.4 Å². The lowest BCUT2D eigenvalue weighted by molar-refractivity contribution is -0.119. The first-order chi connectivity index (χ1) is 13.8. The third-order valence-corrected chi connectivity index (χ3v) is 5.47. The number of para-hydroxylation sites is 1. The lowest BCUT2D eigenvalue weighted by Gasteiger charge is -2.22. The van der Waals surface area contributed by atoms with Crippen LogP contribution in [0.1, 0.15) is 11.4 Å². The van der Waals surface area contributed by atoms with Crippen LogP contribution in [0.4, 0.5) is 10.1 Å². The van der Waals surface area contributed by atoms with Crippen LogP contribution in [-0.4, -0.2) is 36.7 Å². The number of aryl methyl sites for hydroxylation is 1. The number of amides is 1. The Bertz CT molecular complexity index is 1110. The van der Waals surface area contributed by atoms with Crippen molar-refractivity contribution in [2.45, 2.75) is 13.5 Å². The lowest BCUT2D eigenvalue weighted by Crippen LogP contribution is -2.40. The molecule has 0 aliphatic heterocycles. The normalized spacial score (nSPS) is 11.3. The van der Waals surface area contributed by atoms with Gasteiger partial charge < -0.3 is 9.88 Å². The summed E-state index contributed by atoms with van der Waals surface area (Å²) in [6, 6.07) is 13.0. The summed E-state index contributed by atoms with van der Waals surface area (Å²) >= 11 is 0. The third-order valence-electron chi connectivity index (χ3n) is 4.34. The van der Waals surface area contributed by atoms with Crippen molar-refractivity contribution in [2.24, 2.45) is 0 Å². The summed E-state index contributed by atoms with van der Waals surface area (Å²) in [4.78, 5) is 16.5. The molecule has 1 amide bonds. The van der Waals surface area contributed by atoms with E-state index in [0.717, 1.165) is 33.7 Å². The molecule has 0 unspecified atom stereocenters. The van der Waals surface area contributed by atoms with Gasteiger partial charge in [0.2, 0.25) is 15.9 Å². The molecular formula is C20H21FN4O3S. The highest BCUT2D eigenvalue weighted by molar-refractivity contribution is 7.92. The van der Waals surface area contributed by atoms with Crippen LogP contribution < -0.4 is 9.62 Å². The average molecular weight is 416 g/mol. The zero-order chi connectivity index (χ0) is 21.0. The number of aromatic nitrogens is 2. The minimum absolute atomic E-state index is 0.162. The molecule has 0 saturated heterocycles. The number of rotatable bonds is 7. The summed E-state index contributed by atoms with van der Waals surface area (Å²) in [6.45, 7) is 1.61. The first-order valence-electron chi connectivity index (χ1n) is 8.84. The minimum Gasteiger partial charge on any atom is -0.350 e. The third kappa shape index (κ3) is 5.00. The molecule has 29 heavy (non-hydrogen) atoms. The van der Waals surface area contributed by atoms with E-state index in [0.29, 0.717) is 0 Å². The van der Waals surface area contributed by atoms with E-state index in [1.165, 1.54) is 18.2 Å². The quantitative estimate of drug-likeness (QED) is 0.641. The molecule has 0 aliphatic rings. The smallest absolute Gasteiger partial charge is 0.241 e. The maximum absolute atomic E-state index is 14.0. The maximum atomic E-state index is 14.0. The molecule has 0 spiro atoms. The van der Waals surface area contributed by atoms with Gasteiger partial charge in [0.1, 0.15) is 18.2 Å². The van der Waals surface area contributed by atoms with Gasteiger partial charge in [-0.15, -0.1) is 0 Å². The van der Waals surface area contributed by atoms with Gasteiger partial charge in [0.05, 0.1) is 11.9 Å². The molecule has 3 aromatic rings. The Kier molecular flexibility index (Phi) is 5.97. The van der Waals surface area contributed by atoms with E-state index in [1.807, 2.05) is 42.0 Å². The van der Waals surface area contributed by atoms with Crippen molar-refractivity contribution >= 4 is 21.6 Å². The number of sulfonamides is 1. The predicted octanol–water partition coefficient (Wildman–Crippen LogP) is 2.40. The lowest BCUT2D eigenvalue weighted by atomic mass is 10.2. The maximum Gasteiger partial charge on any atom is 0.241 e. The topological polar surface area (TPSA) is 84.3 Å². The van der Waals surface area contributed by atoms with Gasteiger partial charge in [-0.3, -0.25) is 9.10 Å². The Morgan fingerprint density at radius 2 is 1.86 bits per heavy atom. The van der Waals surface area contributed by atoms with E-state index in [-0.39, 0.29) is 12.2 Å². The highest BCUT2D eigenvalue weighted by Gasteiger charge is 2.23. The number of anilines is 1. The molecule has 7 nitrogen and oxygen atoms in total. The molecule has 1 aromatic heterocycles. The molecule has 2 aromatic carbocycles. The van der Waals surface area contributed by atoms with E-state index < -0.39 is 28.3 Å². The number of hydrogen-bond donors (Lipinski definition) is 1. The Morgan fingerprint density at radius 3 is 2.45 bits per heavy atom. The number of carbonyl (C=O) groups excluding carboxylic acids is 1. The molecule has 0 radical (unpaired) electrons. The van der Waals surface area contributed by atoms with Crippen molar-refractivity contribution in [2.75, 3.05) is 17.1 Å². The largest absolute Gasteiger partial charge is 0.350 e. The molecule has 0 atom stereocenters. The standard InChI is InChI=1S/C20H21FN4O3S/c1-15-22-11-12-24(15)17-9-7-16(8-10-17)13-23-20(26)14-25(29(2,27)28)19-6-4-3-5-18(19)21/h3-12H,13-14H2,1-2H3,(H,23,26). The molecule has 152 valence electrons. The Labute approximate surface area is 168 Å². The zero-order valence-electron chi connectivity index (χ0n) is 16.0. The summed E-state index contributed by atoms with van der Waals surface area (Å²) in [7, 11) is -3.83. The van der Waals surface area contributed by atoms with Gasteiger partial charge in [-0.2, -0.15) is 0 Å². The second-order valence-electron chi connectivity index (χ2n) is 6.51. The zero-order valence-corrected chi connectivity index (χ0v) is 16.9. The van der Waals surface area contributed by atoms with E-state index in [4.69, 9.17) is 0 Å². The molecule has 9 heteroatoms. The molecule has 1 N–H and O–H groups in total. The molecule has 0 fully saturated rings. The number of carbonyl (C=O) groups is 1. The highest BCUT2D eigenvalue weighted by atomic mass is 32.2. The number of hydrogen-bond acceptors (Lipinski definition) is 4. The second kappa shape index (κ2) is 8.44. The van der Waals surface area contributed by atoms with Gasteiger partial charge in [0.25, 0.3) is 0 Å².